The normalized spacial score (nSPS) is 12.3. The largest absolute Gasteiger partial charge is 0.409 e. The highest BCUT2D eigenvalue weighted by Crippen LogP contribution is 2.33. The lowest BCUT2D eigenvalue weighted by Gasteiger charge is -2.11. The van der Waals surface area contributed by atoms with E-state index in [0.717, 1.165) is 9.75 Å². The van der Waals surface area contributed by atoms with Crippen molar-refractivity contribution in [2.75, 3.05) is 0 Å². The van der Waals surface area contributed by atoms with Crippen LogP contribution in [0.2, 0.25) is 0 Å². The third-order valence-electron chi connectivity index (χ3n) is 6.71. The third-order valence-corrected chi connectivity index (χ3v) is 8.49. The standard InChI is InChI=1S/C28H22N8O5S2/c29-25(33-39)15-5-7-31-27-17(15)11-19(21-3-1-9-42-21)35(27)13-23(37)41-24(38)14-36-20(22-4-2-10-43-22)12-18-16(26(30)34-40)6-8-32-28(18)36/h1-12,39-40H,13-14H2,(H2,29,33)(H2,30,34). The second-order valence-corrected chi connectivity index (χ2v) is 11.1. The van der Waals surface area contributed by atoms with Gasteiger partial charge in [0.25, 0.3) is 0 Å². The minimum absolute atomic E-state index is 0.107. The molecule has 0 aliphatic heterocycles. The van der Waals surface area contributed by atoms with Crippen molar-refractivity contribution in [2.45, 2.75) is 13.1 Å². The molecule has 6 N–H and O–H groups in total. The Morgan fingerprint density at radius 3 is 1.58 bits per heavy atom. The van der Waals surface area contributed by atoms with Gasteiger partial charge in [0.1, 0.15) is 24.4 Å². The van der Waals surface area contributed by atoms with Crippen molar-refractivity contribution in [3.63, 3.8) is 0 Å². The van der Waals surface area contributed by atoms with Crippen LogP contribution in [0, 0.1) is 0 Å². The fourth-order valence-electron chi connectivity index (χ4n) is 4.88. The van der Waals surface area contributed by atoms with Gasteiger partial charge >= 0.3 is 11.9 Å². The summed E-state index contributed by atoms with van der Waals surface area (Å²) in [5, 5.41) is 29.6. The van der Waals surface area contributed by atoms with E-state index in [1.165, 1.54) is 35.1 Å². The number of rotatable bonds is 8. The van der Waals surface area contributed by atoms with Gasteiger partial charge in [-0.05, 0) is 47.2 Å². The van der Waals surface area contributed by atoms with Gasteiger partial charge in [-0.1, -0.05) is 22.4 Å². The van der Waals surface area contributed by atoms with Crippen LogP contribution in [0.3, 0.4) is 0 Å². The molecule has 0 aliphatic rings. The highest BCUT2D eigenvalue weighted by atomic mass is 32.1. The average Bonchev–Trinajstić information content (AvgIpc) is 3.83. The SMILES string of the molecule is NC(=NO)c1ccnc2c1cc(-c1cccs1)n2CC(=O)OC(=O)Cn1c(-c2cccs2)cc2c(C(N)=NO)ccnc21. The highest BCUT2D eigenvalue weighted by Gasteiger charge is 2.23. The molecule has 15 heteroatoms. The molecule has 0 amide bonds. The minimum atomic E-state index is -0.809. The number of thiophene rings is 2. The van der Waals surface area contributed by atoms with Gasteiger partial charge in [-0.25, -0.2) is 19.6 Å². The van der Waals surface area contributed by atoms with Crippen LogP contribution < -0.4 is 11.5 Å². The molecule has 0 saturated carbocycles. The summed E-state index contributed by atoms with van der Waals surface area (Å²) < 4.78 is 8.54. The third kappa shape index (κ3) is 5.06. The molecule has 0 aromatic carbocycles. The van der Waals surface area contributed by atoms with Gasteiger partial charge in [0.15, 0.2) is 11.7 Å². The second kappa shape index (κ2) is 11.4. The Hall–Kier alpha value is -5.54. The molecule has 6 aromatic rings. The molecular formula is C28H22N8O5S2. The highest BCUT2D eigenvalue weighted by molar-refractivity contribution is 7.13. The molecule has 13 nitrogen and oxygen atoms in total. The van der Waals surface area contributed by atoms with E-state index in [1.54, 1.807) is 33.4 Å². The van der Waals surface area contributed by atoms with Crippen molar-refractivity contribution >= 4 is 68.4 Å². The first-order chi connectivity index (χ1) is 20.9. The van der Waals surface area contributed by atoms with Crippen LogP contribution in [-0.4, -0.2) is 53.1 Å². The molecule has 6 aromatic heterocycles. The van der Waals surface area contributed by atoms with Crippen LogP contribution in [0.25, 0.3) is 43.2 Å². The number of nitrogens with zero attached hydrogens (tertiary/aromatic N) is 6. The molecule has 43 heavy (non-hydrogen) atoms. The van der Waals surface area contributed by atoms with Crippen molar-refractivity contribution in [1.29, 1.82) is 0 Å². The maximum atomic E-state index is 13.2. The molecule has 0 saturated heterocycles. The maximum absolute atomic E-state index is 13.2. The summed E-state index contributed by atoms with van der Waals surface area (Å²) in [4.78, 5) is 36.9. The Morgan fingerprint density at radius 2 is 1.21 bits per heavy atom. The number of oxime groups is 2. The Labute approximate surface area is 250 Å². The fraction of sp³-hybridized carbons (Fsp3) is 0.0714. The van der Waals surface area contributed by atoms with Crippen molar-refractivity contribution in [3.8, 4) is 21.1 Å². The van der Waals surface area contributed by atoms with E-state index in [9.17, 15) is 20.0 Å². The second-order valence-electron chi connectivity index (χ2n) is 9.19. The van der Waals surface area contributed by atoms with Gasteiger partial charge < -0.3 is 35.8 Å². The quantitative estimate of drug-likeness (QED) is 0.0492. The van der Waals surface area contributed by atoms with E-state index in [2.05, 4.69) is 20.3 Å². The van der Waals surface area contributed by atoms with Crippen LogP contribution >= 0.6 is 22.7 Å². The summed E-state index contributed by atoms with van der Waals surface area (Å²) in [6.07, 6.45) is 2.97. The number of pyridine rings is 2. The summed E-state index contributed by atoms with van der Waals surface area (Å²) in [6, 6.07) is 14.3. The summed E-state index contributed by atoms with van der Waals surface area (Å²) in [5.41, 5.74) is 14.7. The number of fused-ring (bicyclic) bond motifs is 2. The van der Waals surface area contributed by atoms with E-state index in [1.807, 2.05) is 35.0 Å². The number of carbonyl (C=O) groups is 2. The zero-order valence-electron chi connectivity index (χ0n) is 22.1. The van der Waals surface area contributed by atoms with E-state index in [4.69, 9.17) is 16.2 Å². The lowest BCUT2D eigenvalue weighted by atomic mass is 10.1. The molecule has 6 heterocycles. The Balaban J connectivity index is 1.32. The lowest BCUT2D eigenvalue weighted by molar-refractivity contribution is -0.160. The van der Waals surface area contributed by atoms with Crippen LogP contribution in [0.15, 0.2) is 82.0 Å². The molecule has 0 spiro atoms. The summed E-state index contributed by atoms with van der Waals surface area (Å²) >= 11 is 2.91. The van der Waals surface area contributed by atoms with Crippen LogP contribution in [0.4, 0.5) is 0 Å². The Morgan fingerprint density at radius 1 is 0.767 bits per heavy atom. The Kier molecular flexibility index (Phi) is 7.31. The first kappa shape index (κ1) is 27.6. The van der Waals surface area contributed by atoms with Crippen molar-refractivity contribution in [1.82, 2.24) is 19.1 Å². The van der Waals surface area contributed by atoms with E-state index < -0.39 is 11.9 Å². The molecular weight excluding hydrogens is 592 g/mol. The molecule has 0 fully saturated rings. The monoisotopic (exact) mass is 614 g/mol. The van der Waals surface area contributed by atoms with Gasteiger partial charge in [0.05, 0.1) is 21.1 Å². The van der Waals surface area contributed by atoms with E-state index >= 15 is 0 Å². The van der Waals surface area contributed by atoms with Gasteiger partial charge in [-0.2, -0.15) is 0 Å². The number of aromatic nitrogens is 4. The van der Waals surface area contributed by atoms with Gasteiger partial charge in [-0.15, -0.1) is 22.7 Å². The van der Waals surface area contributed by atoms with E-state index in [-0.39, 0.29) is 24.8 Å². The summed E-state index contributed by atoms with van der Waals surface area (Å²) in [5.74, 6) is -1.83. The zero-order valence-corrected chi connectivity index (χ0v) is 23.7. The molecule has 0 unspecified atom stereocenters. The zero-order chi connectivity index (χ0) is 30.1. The Bertz CT molecular complexity index is 1900. The molecule has 0 atom stereocenters. The first-order valence-electron chi connectivity index (χ1n) is 12.6. The molecule has 0 bridgehead atoms. The summed E-state index contributed by atoms with van der Waals surface area (Å²) in [7, 11) is 0. The predicted molar refractivity (Wildman–Crippen MR) is 162 cm³/mol. The smallest absolute Gasteiger partial charge is 0.333 e. The number of amidine groups is 2. The van der Waals surface area contributed by atoms with Gasteiger partial charge in [0, 0.05) is 34.3 Å². The number of carbonyl (C=O) groups excluding carboxylic acids is 2. The topological polar surface area (TPSA) is 196 Å². The van der Waals surface area contributed by atoms with Gasteiger partial charge in [-0.3, -0.25) is 0 Å². The maximum Gasteiger partial charge on any atom is 0.333 e. The first-order valence-corrected chi connectivity index (χ1v) is 14.4. The number of nitrogens with two attached hydrogens (primary N) is 2. The molecule has 6 rings (SSSR count). The lowest BCUT2D eigenvalue weighted by Crippen LogP contribution is -2.22. The molecule has 216 valence electrons. The van der Waals surface area contributed by atoms with Crippen LogP contribution in [0.5, 0.6) is 0 Å². The minimum Gasteiger partial charge on any atom is -0.409 e. The number of ether oxygens (including phenoxy) is 1. The summed E-state index contributed by atoms with van der Waals surface area (Å²) in [6.45, 7) is -0.656. The van der Waals surface area contributed by atoms with Crippen molar-refractivity contribution < 1.29 is 24.7 Å². The van der Waals surface area contributed by atoms with Crippen molar-refractivity contribution in [3.05, 3.63) is 82.8 Å². The fourth-order valence-corrected chi connectivity index (χ4v) is 6.38. The number of hydrogen-bond acceptors (Lipinski definition) is 11. The average molecular weight is 615 g/mol. The van der Waals surface area contributed by atoms with Crippen molar-refractivity contribution in [2.24, 2.45) is 21.8 Å². The number of hydrogen-bond donors (Lipinski definition) is 4. The predicted octanol–water partition coefficient (Wildman–Crippen LogP) is 3.80. The number of esters is 2. The van der Waals surface area contributed by atoms with E-state index in [0.29, 0.717) is 44.6 Å². The van der Waals surface area contributed by atoms with Gasteiger partial charge in [0.2, 0.25) is 0 Å². The molecule has 0 aliphatic carbocycles. The van der Waals surface area contributed by atoms with Crippen LogP contribution in [-0.2, 0) is 27.4 Å². The van der Waals surface area contributed by atoms with Crippen LogP contribution in [0.1, 0.15) is 11.1 Å². The molecule has 0 radical (unpaired) electrons.